The Morgan fingerprint density at radius 1 is 0.739 bits per heavy atom. The van der Waals surface area contributed by atoms with Crippen LogP contribution in [0.15, 0.2) is 0 Å². The van der Waals surface area contributed by atoms with E-state index >= 15 is 0 Å². The predicted octanol–water partition coefficient (Wildman–Crippen LogP) is -8.11. The van der Waals surface area contributed by atoms with Gasteiger partial charge in [-0.15, -0.1) is 0 Å². The molecule has 3 fully saturated rings. The highest BCUT2D eigenvalue weighted by molar-refractivity contribution is 7.83. The predicted molar refractivity (Wildman–Crippen MR) is 136 cm³/mol. The van der Waals surface area contributed by atoms with E-state index in [1.165, 1.54) is 4.72 Å². The van der Waals surface area contributed by atoms with E-state index in [9.17, 15) is 76.4 Å². The molecule has 24 nitrogen and oxygen atoms in total. The summed E-state index contributed by atoms with van der Waals surface area (Å²) < 4.78 is 97.2. The van der Waals surface area contributed by atoms with Gasteiger partial charge in [0.25, 0.3) is 0 Å². The van der Waals surface area contributed by atoms with Crippen molar-refractivity contribution >= 4 is 32.6 Å². The number of ether oxygens (including phenoxy) is 5. The van der Waals surface area contributed by atoms with E-state index in [0.717, 1.165) is 6.92 Å². The van der Waals surface area contributed by atoms with Crippen molar-refractivity contribution < 1.29 is 104 Å². The first-order chi connectivity index (χ1) is 21.2. The average molecular weight is 719 g/mol. The van der Waals surface area contributed by atoms with Crippen molar-refractivity contribution in [3.05, 3.63) is 0 Å². The van der Waals surface area contributed by atoms with Gasteiger partial charge in [-0.2, -0.15) is 21.6 Å². The molecule has 3 rings (SSSR count). The second-order valence-electron chi connectivity index (χ2n) is 10.2. The van der Waals surface area contributed by atoms with Crippen LogP contribution in [0.5, 0.6) is 0 Å². The lowest BCUT2D eigenvalue weighted by Crippen LogP contribution is -2.69. The third kappa shape index (κ3) is 9.21. The highest BCUT2D eigenvalue weighted by Crippen LogP contribution is 2.34. The number of hydrogen-bond acceptors (Lipinski definition) is 19. The minimum atomic E-state index is -5.58. The summed E-state index contributed by atoms with van der Waals surface area (Å²) in [6, 6.07) is -3.83. The number of nitrogens with one attached hydrogen (secondary N) is 2. The molecular weight excluding hydrogens is 684 g/mol. The lowest BCUT2D eigenvalue weighted by atomic mass is 9.95. The van der Waals surface area contributed by atoms with Crippen molar-refractivity contribution in [2.75, 3.05) is 13.2 Å². The maximum atomic E-state index is 12.2. The summed E-state index contributed by atoms with van der Waals surface area (Å²) in [6.45, 7) is -1.06. The van der Waals surface area contributed by atoms with Gasteiger partial charge in [-0.1, -0.05) is 0 Å². The fraction of sp³-hybridized carbons (Fsp3) is 0.900. The first-order valence-corrected chi connectivity index (χ1v) is 15.8. The maximum Gasteiger partial charge on any atom is 0.397 e. The fourth-order valence-corrected chi connectivity index (χ4v) is 6.06. The Morgan fingerprint density at radius 2 is 1.33 bits per heavy atom. The molecule has 15 atom stereocenters. The minimum absolute atomic E-state index is 0.788. The van der Waals surface area contributed by atoms with Crippen molar-refractivity contribution in [2.45, 2.75) is 98.9 Å². The lowest BCUT2D eigenvalue weighted by Gasteiger charge is -2.48. The summed E-state index contributed by atoms with van der Waals surface area (Å²) in [5, 5.41) is 83.8. The molecule has 12 N–H and O–H groups in total. The number of aliphatic hydroxyl groups excluding tert-OH is 7. The van der Waals surface area contributed by atoms with Crippen LogP contribution in [0.2, 0.25) is 0 Å². The van der Waals surface area contributed by atoms with Gasteiger partial charge in [0, 0.05) is 6.92 Å². The average Bonchev–Trinajstić information content (AvgIpc) is 2.93. The standard InChI is InChI=1S/C20H34N2O22S2/c1-4(25)21-7-11(28)13(6(3-24)39-18(7)32)41-20-15(44-46(36,37)38)12(29)14(16(43-20)17(30)31)42-19-8(22-45(33,34)35)10(27)9(26)5(2-23)40-19/h5-16,18-20,22-24,26-29,32H,2-3H2,1H3,(H,21,25)(H,30,31)(H,33,34,35)(H,36,37,38)/t5-,6-,7-,8-,9-,10-,11-,12+,13-,14+,15-,16+,18+,19-,20-/m1/s1. The number of carbonyl (C=O) groups excluding carboxylic acids is 1. The number of hydrogen-bond donors (Lipinski definition) is 12. The van der Waals surface area contributed by atoms with Gasteiger partial charge in [0.15, 0.2) is 31.1 Å². The van der Waals surface area contributed by atoms with Gasteiger partial charge in [0.1, 0.15) is 60.9 Å². The summed E-state index contributed by atoms with van der Waals surface area (Å²) >= 11 is 0. The van der Waals surface area contributed by atoms with Crippen LogP contribution in [-0.2, 0) is 58.2 Å². The number of aliphatic carboxylic acids is 1. The van der Waals surface area contributed by atoms with Gasteiger partial charge < -0.3 is 69.9 Å². The second kappa shape index (κ2) is 15.2. The van der Waals surface area contributed by atoms with Crippen LogP contribution >= 0.6 is 0 Å². The zero-order chi connectivity index (χ0) is 34.9. The molecule has 1 amide bonds. The third-order valence-corrected chi connectivity index (χ3v) is 8.02. The van der Waals surface area contributed by atoms with Crippen molar-refractivity contribution in [2.24, 2.45) is 0 Å². The molecule has 0 aromatic heterocycles. The smallest absolute Gasteiger partial charge is 0.397 e. The molecule has 3 heterocycles. The van der Waals surface area contributed by atoms with Gasteiger partial charge in [-0.05, 0) is 0 Å². The molecule has 0 saturated carbocycles. The van der Waals surface area contributed by atoms with Gasteiger partial charge in [0.05, 0.1) is 13.2 Å². The van der Waals surface area contributed by atoms with Gasteiger partial charge in [-0.3, -0.25) is 13.9 Å². The zero-order valence-electron chi connectivity index (χ0n) is 23.3. The summed E-state index contributed by atoms with van der Waals surface area (Å²) in [7, 11) is -10.8. The van der Waals surface area contributed by atoms with Crippen LogP contribution in [0.3, 0.4) is 0 Å². The second-order valence-corrected chi connectivity index (χ2v) is 12.5. The van der Waals surface area contributed by atoms with Gasteiger partial charge in [0.2, 0.25) is 5.91 Å². The molecule has 0 aliphatic carbocycles. The Labute approximate surface area is 259 Å². The molecule has 268 valence electrons. The van der Waals surface area contributed by atoms with E-state index in [2.05, 4.69) is 9.50 Å². The summed E-state index contributed by atoms with van der Waals surface area (Å²) in [5.41, 5.74) is 0. The molecule has 0 spiro atoms. The van der Waals surface area contributed by atoms with Crippen LogP contribution in [0.25, 0.3) is 0 Å². The van der Waals surface area contributed by atoms with Crippen LogP contribution < -0.4 is 10.0 Å². The number of amides is 1. The number of carboxylic acid groups (broad SMARTS) is 1. The molecule has 3 aliphatic heterocycles. The Bertz CT molecular complexity index is 1290. The zero-order valence-corrected chi connectivity index (χ0v) is 24.9. The summed E-state index contributed by atoms with van der Waals surface area (Å²) in [4.78, 5) is 23.8. The quantitative estimate of drug-likeness (QED) is 0.0833. The van der Waals surface area contributed by atoms with Crippen LogP contribution in [0, 0.1) is 0 Å². The molecule has 0 aromatic carbocycles. The lowest BCUT2D eigenvalue weighted by molar-refractivity contribution is -0.358. The summed E-state index contributed by atoms with van der Waals surface area (Å²) in [5.74, 6) is -2.79. The van der Waals surface area contributed by atoms with Crippen LogP contribution in [0.4, 0.5) is 0 Å². The van der Waals surface area contributed by atoms with Crippen molar-refractivity contribution in [1.82, 2.24) is 10.0 Å². The van der Waals surface area contributed by atoms with E-state index in [0.29, 0.717) is 0 Å². The van der Waals surface area contributed by atoms with E-state index in [4.69, 9.17) is 23.7 Å². The number of carbonyl (C=O) groups is 2. The number of rotatable bonds is 12. The number of carboxylic acids is 1. The molecule has 0 radical (unpaired) electrons. The SMILES string of the molecule is CC(=O)N[C@@H]1[C@@H](O)[C@H](O[C@@H]2O[C@H](C(=O)O)[C@@H](O[C@H]3O[C@H](CO)[C@@H](O)[C@H](O)[C@H]3NS(=O)(=O)O)[C@H](O)[C@H]2OS(=O)(=O)O)[C@@H](CO)O[C@@H]1O. The molecule has 26 heteroatoms. The van der Waals surface area contributed by atoms with Gasteiger partial charge >= 0.3 is 26.7 Å². The van der Waals surface area contributed by atoms with Crippen molar-refractivity contribution in [3.8, 4) is 0 Å². The Kier molecular flexibility index (Phi) is 12.7. The van der Waals surface area contributed by atoms with Gasteiger partial charge in [-0.25, -0.2) is 8.98 Å². The maximum absolute atomic E-state index is 12.2. The van der Waals surface area contributed by atoms with Crippen LogP contribution in [0.1, 0.15) is 6.92 Å². The fourth-order valence-electron chi connectivity index (χ4n) is 4.98. The normalized spacial score (nSPS) is 42.3. The highest BCUT2D eigenvalue weighted by atomic mass is 32.3. The molecule has 3 aliphatic rings. The Balaban J connectivity index is 2.00. The van der Waals surface area contributed by atoms with Crippen LogP contribution in [-0.4, -0.2) is 184 Å². The third-order valence-electron chi connectivity index (χ3n) is 6.99. The van der Waals surface area contributed by atoms with E-state index in [1.54, 1.807) is 0 Å². The first-order valence-electron chi connectivity index (χ1n) is 13.0. The van der Waals surface area contributed by atoms with E-state index in [-0.39, 0.29) is 0 Å². The van der Waals surface area contributed by atoms with Crippen molar-refractivity contribution in [3.63, 3.8) is 0 Å². The molecular formula is C20H34N2O22S2. The van der Waals surface area contributed by atoms with E-state index < -0.39 is 138 Å². The molecule has 0 bridgehead atoms. The summed E-state index contributed by atoms with van der Waals surface area (Å²) in [6.07, 6.45) is -28.2. The Hall–Kier alpha value is -1.80. The highest BCUT2D eigenvalue weighted by Gasteiger charge is 2.57. The monoisotopic (exact) mass is 718 g/mol. The molecule has 3 saturated heterocycles. The molecule has 0 unspecified atom stereocenters. The van der Waals surface area contributed by atoms with Crippen molar-refractivity contribution in [1.29, 1.82) is 0 Å². The minimum Gasteiger partial charge on any atom is -0.479 e. The number of aliphatic hydroxyl groups is 7. The van der Waals surface area contributed by atoms with E-state index in [1.807, 2.05) is 0 Å². The Morgan fingerprint density at radius 3 is 1.83 bits per heavy atom. The molecule has 46 heavy (non-hydrogen) atoms. The largest absolute Gasteiger partial charge is 0.479 e. The topological polar surface area (TPSA) is 384 Å². The molecule has 0 aromatic rings. The first kappa shape index (κ1) is 38.6.